The van der Waals surface area contributed by atoms with Gasteiger partial charge in [-0.1, -0.05) is 26.0 Å². The molecule has 0 aromatic heterocycles. The molecule has 12 heteroatoms. The third-order valence-corrected chi connectivity index (χ3v) is 4.89. The van der Waals surface area contributed by atoms with E-state index in [0.29, 0.717) is 5.56 Å². The van der Waals surface area contributed by atoms with E-state index in [4.69, 9.17) is 5.73 Å². The number of benzene rings is 1. The highest BCUT2D eigenvalue weighted by Gasteiger charge is 2.32. The van der Waals surface area contributed by atoms with Crippen LogP contribution in [0.4, 0.5) is 0 Å². The van der Waals surface area contributed by atoms with Crippen molar-refractivity contribution in [1.82, 2.24) is 16.0 Å². The molecule has 0 radical (unpaired) electrons. The number of nitrogens with one attached hydrogen (secondary N) is 3. The molecule has 12 nitrogen and oxygen atoms in total. The van der Waals surface area contributed by atoms with Crippen LogP contribution < -0.4 is 21.7 Å². The smallest absolute Gasteiger partial charge is 0.328 e. The summed E-state index contributed by atoms with van der Waals surface area (Å²) in [7, 11) is 0. The number of rotatable bonds is 12. The van der Waals surface area contributed by atoms with E-state index in [1.807, 2.05) is 0 Å². The summed E-state index contributed by atoms with van der Waals surface area (Å²) in [6.45, 7) is 3.82. The summed E-state index contributed by atoms with van der Waals surface area (Å²) in [6.07, 6.45) is -1.53. The summed E-state index contributed by atoms with van der Waals surface area (Å²) in [6, 6.07) is 0.435. The van der Waals surface area contributed by atoms with Gasteiger partial charge in [0.05, 0.1) is 18.8 Å². The maximum atomic E-state index is 12.8. The lowest BCUT2D eigenvalue weighted by atomic mass is 10.0. The Morgan fingerprint density at radius 3 is 1.88 bits per heavy atom. The fourth-order valence-corrected chi connectivity index (χ4v) is 2.76. The van der Waals surface area contributed by atoms with Crippen LogP contribution in [0.25, 0.3) is 0 Å². The summed E-state index contributed by atoms with van der Waals surface area (Å²) < 4.78 is 0. The van der Waals surface area contributed by atoms with Gasteiger partial charge in [-0.15, -0.1) is 0 Å². The van der Waals surface area contributed by atoms with Crippen molar-refractivity contribution in [3.05, 3.63) is 29.8 Å². The van der Waals surface area contributed by atoms with Crippen LogP contribution in [0.5, 0.6) is 5.75 Å². The predicted molar refractivity (Wildman–Crippen MR) is 117 cm³/mol. The molecule has 0 bridgehead atoms. The Morgan fingerprint density at radius 2 is 1.42 bits per heavy atom. The van der Waals surface area contributed by atoms with Gasteiger partial charge in [-0.2, -0.15) is 0 Å². The number of aliphatic hydroxyl groups excluding tert-OH is 2. The van der Waals surface area contributed by atoms with Crippen molar-refractivity contribution in [3.8, 4) is 5.75 Å². The van der Waals surface area contributed by atoms with Crippen LogP contribution in [0.3, 0.4) is 0 Å². The van der Waals surface area contributed by atoms with E-state index in [1.165, 1.54) is 31.2 Å². The van der Waals surface area contributed by atoms with Gasteiger partial charge in [0.25, 0.3) is 0 Å². The van der Waals surface area contributed by atoms with Crippen molar-refractivity contribution in [2.75, 3.05) is 6.61 Å². The molecule has 0 heterocycles. The van der Waals surface area contributed by atoms with Crippen molar-refractivity contribution in [2.24, 2.45) is 11.7 Å². The summed E-state index contributed by atoms with van der Waals surface area (Å²) in [5.41, 5.74) is 6.27. The van der Waals surface area contributed by atoms with E-state index < -0.39 is 60.6 Å². The van der Waals surface area contributed by atoms with Crippen LogP contribution in [0, 0.1) is 5.92 Å². The Morgan fingerprint density at radius 1 is 0.909 bits per heavy atom. The number of carboxylic acids is 1. The number of hydrogen-bond donors (Lipinski definition) is 8. The first-order chi connectivity index (χ1) is 15.4. The zero-order valence-electron chi connectivity index (χ0n) is 18.7. The van der Waals surface area contributed by atoms with Gasteiger partial charge in [-0.3, -0.25) is 14.4 Å². The third-order valence-electron chi connectivity index (χ3n) is 4.89. The number of aliphatic carboxylic acids is 1. The van der Waals surface area contributed by atoms with Crippen LogP contribution in [0.1, 0.15) is 26.3 Å². The molecular weight excluding hydrogens is 436 g/mol. The van der Waals surface area contributed by atoms with Gasteiger partial charge in [0.15, 0.2) is 6.04 Å². The highest BCUT2D eigenvalue weighted by molar-refractivity contribution is 5.94. The minimum Gasteiger partial charge on any atom is -0.508 e. The molecule has 0 fully saturated rings. The fraction of sp³-hybridized carbons (Fsp3) is 0.524. The Kier molecular flexibility index (Phi) is 10.7. The van der Waals surface area contributed by atoms with E-state index in [1.54, 1.807) is 13.8 Å². The number of nitrogens with two attached hydrogens (primary N) is 1. The molecule has 5 atom stereocenters. The lowest BCUT2D eigenvalue weighted by Gasteiger charge is -2.25. The van der Waals surface area contributed by atoms with Gasteiger partial charge in [0, 0.05) is 6.42 Å². The van der Waals surface area contributed by atoms with Gasteiger partial charge in [0.1, 0.15) is 17.8 Å². The lowest BCUT2D eigenvalue weighted by Crippen LogP contribution is -2.59. The minimum atomic E-state index is -1.63. The van der Waals surface area contributed by atoms with Crippen LogP contribution in [0.15, 0.2) is 24.3 Å². The highest BCUT2D eigenvalue weighted by Crippen LogP contribution is 2.12. The number of phenols is 1. The molecule has 0 spiro atoms. The largest absolute Gasteiger partial charge is 0.508 e. The van der Waals surface area contributed by atoms with Gasteiger partial charge < -0.3 is 42.1 Å². The average molecular weight is 469 g/mol. The third kappa shape index (κ3) is 8.67. The van der Waals surface area contributed by atoms with Gasteiger partial charge >= 0.3 is 5.97 Å². The summed E-state index contributed by atoms with van der Waals surface area (Å²) in [5.74, 6) is -4.20. The molecule has 0 aliphatic heterocycles. The zero-order valence-corrected chi connectivity index (χ0v) is 18.7. The van der Waals surface area contributed by atoms with Crippen LogP contribution in [-0.2, 0) is 25.6 Å². The van der Waals surface area contributed by atoms with Crippen LogP contribution in [0.2, 0.25) is 0 Å². The van der Waals surface area contributed by atoms with Crippen molar-refractivity contribution in [2.45, 2.75) is 57.5 Å². The fourth-order valence-electron chi connectivity index (χ4n) is 2.76. The molecule has 3 amide bonds. The number of carboxylic acid groups (broad SMARTS) is 1. The first kappa shape index (κ1) is 27.8. The predicted octanol–water partition coefficient (Wildman–Crippen LogP) is -2.17. The molecular formula is C21H32N4O8. The molecule has 33 heavy (non-hydrogen) atoms. The molecule has 0 saturated carbocycles. The zero-order chi connectivity index (χ0) is 25.3. The Balaban J connectivity index is 3.07. The second kappa shape index (κ2) is 12.7. The van der Waals surface area contributed by atoms with Crippen molar-refractivity contribution in [1.29, 1.82) is 0 Å². The van der Waals surface area contributed by atoms with Crippen molar-refractivity contribution >= 4 is 23.7 Å². The van der Waals surface area contributed by atoms with E-state index in [9.17, 15) is 39.6 Å². The standard InChI is InChI=1S/C21H32N4O8/c1-10(2)16(22)20(31)24-15(9-26)19(30)23-14(8-12-4-6-13(28)7-5-12)18(29)25-17(11(3)27)21(32)33/h4-7,10-11,14-17,26-28H,8-9,22H2,1-3H3,(H,23,30)(H,24,31)(H,25,29)(H,32,33). The van der Waals surface area contributed by atoms with E-state index >= 15 is 0 Å². The minimum absolute atomic E-state index is 0.0200. The molecule has 1 aromatic rings. The first-order valence-corrected chi connectivity index (χ1v) is 10.3. The second-order valence-electron chi connectivity index (χ2n) is 8.01. The summed E-state index contributed by atoms with van der Waals surface area (Å²) in [4.78, 5) is 49.0. The number of aromatic hydroxyl groups is 1. The average Bonchev–Trinajstić information content (AvgIpc) is 2.75. The molecule has 0 aliphatic carbocycles. The molecule has 184 valence electrons. The second-order valence-corrected chi connectivity index (χ2v) is 8.01. The lowest BCUT2D eigenvalue weighted by molar-refractivity contribution is -0.145. The number of phenolic OH excluding ortho intramolecular Hbond substituents is 1. The van der Waals surface area contributed by atoms with Crippen molar-refractivity contribution in [3.63, 3.8) is 0 Å². The van der Waals surface area contributed by atoms with E-state index in [-0.39, 0.29) is 18.1 Å². The maximum Gasteiger partial charge on any atom is 0.328 e. The van der Waals surface area contributed by atoms with Gasteiger partial charge in [0.2, 0.25) is 17.7 Å². The first-order valence-electron chi connectivity index (χ1n) is 10.3. The molecule has 9 N–H and O–H groups in total. The quantitative estimate of drug-likeness (QED) is 0.167. The van der Waals surface area contributed by atoms with Crippen molar-refractivity contribution < 1.29 is 39.6 Å². The molecule has 0 saturated heterocycles. The number of amides is 3. The molecule has 0 aliphatic rings. The van der Waals surface area contributed by atoms with Crippen LogP contribution in [-0.4, -0.2) is 81.0 Å². The molecule has 1 aromatic carbocycles. The topological polar surface area (TPSA) is 211 Å². The number of aliphatic hydroxyl groups is 2. The normalized spacial score (nSPS) is 15.6. The van der Waals surface area contributed by atoms with Gasteiger partial charge in [-0.25, -0.2) is 4.79 Å². The van der Waals surface area contributed by atoms with E-state index in [2.05, 4.69) is 16.0 Å². The monoisotopic (exact) mass is 468 g/mol. The molecule has 5 unspecified atom stereocenters. The van der Waals surface area contributed by atoms with E-state index in [0.717, 1.165) is 0 Å². The Bertz CT molecular complexity index is 828. The summed E-state index contributed by atoms with van der Waals surface area (Å²) in [5, 5.41) is 44.7. The van der Waals surface area contributed by atoms with Gasteiger partial charge in [-0.05, 0) is 30.5 Å². The Hall–Kier alpha value is -3.22. The summed E-state index contributed by atoms with van der Waals surface area (Å²) >= 11 is 0. The number of hydrogen-bond acceptors (Lipinski definition) is 8. The SMILES string of the molecule is CC(C)C(N)C(=O)NC(CO)C(=O)NC(Cc1ccc(O)cc1)C(=O)NC(C(=O)O)C(C)O. The highest BCUT2D eigenvalue weighted by atomic mass is 16.4. The maximum absolute atomic E-state index is 12.8. The Labute approximate surface area is 191 Å². The molecule has 1 rings (SSSR count). The number of carbonyl (C=O) groups excluding carboxylic acids is 3. The van der Waals surface area contributed by atoms with Crippen LogP contribution >= 0.6 is 0 Å². The number of carbonyl (C=O) groups is 4.